The van der Waals surface area contributed by atoms with Gasteiger partial charge in [0.2, 0.25) is 0 Å². The average molecular weight is 468 g/mol. The molecule has 32 heavy (non-hydrogen) atoms. The number of hydrogen-bond acceptors (Lipinski definition) is 5. The molecule has 0 bridgehead atoms. The van der Waals surface area contributed by atoms with Crippen molar-refractivity contribution < 1.29 is 33.0 Å². The Labute approximate surface area is 187 Å². The second-order valence-electron chi connectivity index (χ2n) is 7.07. The van der Waals surface area contributed by atoms with Crippen LogP contribution in [0.15, 0.2) is 64.4 Å². The number of rotatable bonds is 6. The zero-order valence-corrected chi connectivity index (χ0v) is 18.3. The molecule has 0 saturated carbocycles. The minimum atomic E-state index is -4.33. The molecule has 0 atom stereocenters. The van der Waals surface area contributed by atoms with E-state index in [1.165, 1.54) is 17.8 Å². The van der Waals surface area contributed by atoms with E-state index in [-0.39, 0.29) is 0 Å². The predicted octanol–water partition coefficient (Wildman–Crippen LogP) is 4.97. The largest absolute Gasteiger partial charge is 0.478 e. The normalized spacial score (nSPS) is 12.8. The Morgan fingerprint density at radius 2 is 1.59 bits per heavy atom. The van der Waals surface area contributed by atoms with E-state index >= 15 is 0 Å². The fraction of sp³-hybridized carbons (Fsp3) is 0.273. The number of nitrogens with zero attached hydrogens (tertiary/aromatic N) is 2. The fourth-order valence-corrected chi connectivity index (χ4v) is 4.01. The molecule has 10 heteroatoms. The van der Waals surface area contributed by atoms with Gasteiger partial charge >= 0.3 is 18.1 Å². The highest BCUT2D eigenvalue weighted by atomic mass is 32.2. The van der Waals surface area contributed by atoms with Crippen molar-refractivity contribution in [3.63, 3.8) is 0 Å². The Balaban J connectivity index is 0.000000390. The van der Waals surface area contributed by atoms with Crippen LogP contribution in [0.5, 0.6) is 0 Å². The third kappa shape index (κ3) is 7.31. The number of alkyl halides is 3. The van der Waals surface area contributed by atoms with Crippen LogP contribution in [-0.4, -0.2) is 54.2 Å². The molecule has 1 heterocycles. The van der Waals surface area contributed by atoms with Gasteiger partial charge in [-0.3, -0.25) is 0 Å². The van der Waals surface area contributed by atoms with E-state index in [0.29, 0.717) is 24.4 Å². The summed E-state index contributed by atoms with van der Waals surface area (Å²) >= 11 is 1.53. The van der Waals surface area contributed by atoms with Gasteiger partial charge in [-0.15, -0.1) is 0 Å². The Morgan fingerprint density at radius 3 is 2.16 bits per heavy atom. The number of halogens is 3. The molecule has 1 aliphatic heterocycles. The lowest BCUT2D eigenvalue weighted by Crippen LogP contribution is -2.25. The van der Waals surface area contributed by atoms with Crippen molar-refractivity contribution in [3.05, 3.63) is 60.2 Å². The maximum Gasteiger partial charge on any atom is 0.416 e. The average Bonchev–Trinajstić information content (AvgIpc) is 2.71. The monoisotopic (exact) mass is 468 g/mol. The van der Waals surface area contributed by atoms with Gasteiger partial charge in [-0.1, -0.05) is 23.9 Å². The second-order valence-corrected chi connectivity index (χ2v) is 8.15. The van der Waals surface area contributed by atoms with Gasteiger partial charge in [0.1, 0.15) is 0 Å². The summed E-state index contributed by atoms with van der Waals surface area (Å²) in [6.45, 7) is 1.57. The van der Waals surface area contributed by atoms with Crippen molar-refractivity contribution in [1.29, 1.82) is 0 Å². The van der Waals surface area contributed by atoms with Crippen LogP contribution >= 0.6 is 11.8 Å². The van der Waals surface area contributed by atoms with E-state index < -0.39 is 23.7 Å². The first-order valence-corrected chi connectivity index (χ1v) is 10.3. The number of benzene rings is 2. The highest BCUT2D eigenvalue weighted by molar-refractivity contribution is 7.99. The molecule has 0 fully saturated rings. The van der Waals surface area contributed by atoms with Crippen molar-refractivity contribution in [1.82, 2.24) is 4.90 Å². The number of carboxylic acid groups (broad SMARTS) is 2. The van der Waals surface area contributed by atoms with Gasteiger partial charge in [0.15, 0.2) is 0 Å². The number of carboxylic acids is 2. The Hall–Kier alpha value is -2.98. The molecule has 2 aromatic rings. The number of aliphatic carboxylic acids is 2. The quantitative estimate of drug-likeness (QED) is 0.579. The van der Waals surface area contributed by atoms with E-state index in [0.717, 1.165) is 34.5 Å². The minimum Gasteiger partial charge on any atom is -0.478 e. The van der Waals surface area contributed by atoms with Gasteiger partial charge in [-0.2, -0.15) is 13.2 Å². The summed E-state index contributed by atoms with van der Waals surface area (Å²) in [6, 6.07) is 11.9. The SMILES string of the molecule is CN(C)CCCN1c2ccccc2Sc2ccc(C(F)(F)F)cc21.O=C(O)C=CC(=O)O. The van der Waals surface area contributed by atoms with E-state index in [1.54, 1.807) is 6.07 Å². The predicted molar refractivity (Wildman–Crippen MR) is 117 cm³/mol. The molecule has 0 saturated heterocycles. The number of anilines is 2. The summed E-state index contributed by atoms with van der Waals surface area (Å²) in [5.41, 5.74) is 1.03. The first-order chi connectivity index (χ1) is 15.0. The molecule has 0 amide bonds. The minimum absolute atomic E-state index is 0.558. The van der Waals surface area contributed by atoms with E-state index in [9.17, 15) is 22.8 Å². The molecule has 1 aliphatic rings. The van der Waals surface area contributed by atoms with E-state index in [1.807, 2.05) is 43.3 Å². The summed E-state index contributed by atoms with van der Waals surface area (Å²) in [5, 5.41) is 15.6. The van der Waals surface area contributed by atoms with Gasteiger partial charge < -0.3 is 20.0 Å². The maximum atomic E-state index is 13.1. The summed E-state index contributed by atoms with van der Waals surface area (Å²) in [5.74, 6) is -2.51. The molecule has 3 rings (SSSR count). The first kappa shape index (κ1) is 25.3. The van der Waals surface area contributed by atoms with Crippen LogP contribution in [0.3, 0.4) is 0 Å². The van der Waals surface area contributed by atoms with Crippen LogP contribution in [0.2, 0.25) is 0 Å². The van der Waals surface area contributed by atoms with Crippen LogP contribution in [-0.2, 0) is 15.8 Å². The molecular formula is C22H23F3N2O4S. The molecule has 0 spiro atoms. The fourth-order valence-electron chi connectivity index (χ4n) is 2.93. The molecular weight excluding hydrogens is 445 g/mol. The lowest BCUT2D eigenvalue weighted by molar-refractivity contribution is -0.137. The highest BCUT2D eigenvalue weighted by Gasteiger charge is 2.33. The Bertz CT molecular complexity index is 977. The Kier molecular flexibility index (Phi) is 8.73. The number of hydrogen-bond donors (Lipinski definition) is 2. The molecule has 0 unspecified atom stereocenters. The third-order valence-electron chi connectivity index (χ3n) is 4.31. The molecule has 0 radical (unpaired) electrons. The van der Waals surface area contributed by atoms with Crippen LogP contribution < -0.4 is 4.90 Å². The summed E-state index contributed by atoms with van der Waals surface area (Å²) in [7, 11) is 3.99. The second kappa shape index (κ2) is 11.1. The van der Waals surface area contributed by atoms with Crippen molar-refractivity contribution in [2.24, 2.45) is 0 Å². The van der Waals surface area contributed by atoms with Crippen molar-refractivity contribution in [3.8, 4) is 0 Å². The van der Waals surface area contributed by atoms with Crippen LogP contribution in [0, 0.1) is 0 Å². The van der Waals surface area contributed by atoms with Crippen LogP contribution in [0.1, 0.15) is 12.0 Å². The molecule has 172 valence electrons. The van der Waals surface area contributed by atoms with Gasteiger partial charge in [0.25, 0.3) is 0 Å². The van der Waals surface area contributed by atoms with E-state index in [4.69, 9.17) is 10.2 Å². The molecule has 6 nitrogen and oxygen atoms in total. The molecule has 0 aliphatic carbocycles. The van der Waals surface area contributed by atoms with Gasteiger partial charge in [-0.05, 0) is 57.4 Å². The van der Waals surface area contributed by atoms with E-state index in [2.05, 4.69) is 4.90 Å². The van der Waals surface area contributed by atoms with Gasteiger partial charge in [-0.25, -0.2) is 9.59 Å². The molecule has 0 aromatic heterocycles. The maximum absolute atomic E-state index is 13.1. The third-order valence-corrected chi connectivity index (χ3v) is 5.44. The molecule has 2 N–H and O–H groups in total. The van der Waals surface area contributed by atoms with Gasteiger partial charge in [0.05, 0.1) is 16.9 Å². The smallest absolute Gasteiger partial charge is 0.416 e. The van der Waals surface area contributed by atoms with Gasteiger partial charge in [0, 0.05) is 28.5 Å². The first-order valence-electron chi connectivity index (χ1n) is 9.53. The zero-order chi connectivity index (χ0) is 23.9. The topological polar surface area (TPSA) is 81.1 Å². The Morgan fingerprint density at radius 1 is 1.00 bits per heavy atom. The highest BCUT2D eigenvalue weighted by Crippen LogP contribution is 2.49. The summed E-state index contributed by atoms with van der Waals surface area (Å²) in [6.07, 6.45) is -2.33. The number of carbonyl (C=O) groups is 2. The lowest BCUT2D eigenvalue weighted by atomic mass is 10.1. The number of fused-ring (bicyclic) bond motifs is 2. The van der Waals surface area contributed by atoms with Crippen LogP contribution in [0.4, 0.5) is 24.5 Å². The van der Waals surface area contributed by atoms with Crippen molar-refractivity contribution >= 4 is 35.1 Å². The van der Waals surface area contributed by atoms with Crippen molar-refractivity contribution in [2.45, 2.75) is 22.4 Å². The standard InChI is InChI=1S/C18H19F3N2S.C4H4O4/c1-22(2)10-5-11-23-14-6-3-4-7-16(14)24-17-9-8-13(12-15(17)23)18(19,20)21;5-3(6)1-2-4(7)8/h3-4,6-9,12H,5,10-11H2,1-2H3;1-2H,(H,5,6)(H,7,8). The molecule has 2 aromatic carbocycles. The van der Waals surface area contributed by atoms with Crippen molar-refractivity contribution in [2.75, 3.05) is 32.1 Å². The lowest BCUT2D eigenvalue weighted by Gasteiger charge is -2.33. The summed E-state index contributed by atoms with van der Waals surface area (Å²) < 4.78 is 39.3. The zero-order valence-electron chi connectivity index (χ0n) is 17.5. The summed E-state index contributed by atoms with van der Waals surface area (Å²) in [4.78, 5) is 25.1. The number of para-hydroxylation sites is 1. The van der Waals surface area contributed by atoms with Crippen LogP contribution in [0.25, 0.3) is 0 Å².